The number of amides is 2. The number of aromatic nitrogens is 1. The molecular formula is C22H28N4O3. The third-order valence-electron chi connectivity index (χ3n) is 6.12. The minimum Gasteiger partial charge on any atom is -0.364 e. The van der Waals surface area contributed by atoms with Crippen LogP contribution >= 0.6 is 0 Å². The first-order valence-corrected chi connectivity index (χ1v) is 10.4. The average Bonchev–Trinajstić information content (AvgIpc) is 3.48. The Bertz CT molecular complexity index is 881. The first kappa shape index (κ1) is 19.6. The van der Waals surface area contributed by atoms with Crippen LogP contribution in [0.3, 0.4) is 0 Å². The van der Waals surface area contributed by atoms with Crippen LogP contribution in [0.5, 0.6) is 0 Å². The Morgan fingerprint density at radius 1 is 1.14 bits per heavy atom. The predicted octanol–water partition coefficient (Wildman–Crippen LogP) is 2.37. The van der Waals surface area contributed by atoms with E-state index in [1.165, 1.54) is 0 Å². The second kappa shape index (κ2) is 7.99. The average molecular weight is 396 g/mol. The van der Waals surface area contributed by atoms with Crippen LogP contribution in [0.2, 0.25) is 0 Å². The van der Waals surface area contributed by atoms with Gasteiger partial charge in [-0.3, -0.25) is 9.59 Å². The van der Waals surface area contributed by atoms with Crippen LogP contribution in [0.4, 0.5) is 0 Å². The van der Waals surface area contributed by atoms with Crippen molar-refractivity contribution in [3.8, 4) is 0 Å². The van der Waals surface area contributed by atoms with Crippen LogP contribution in [0.1, 0.15) is 71.8 Å². The van der Waals surface area contributed by atoms with E-state index in [1.54, 1.807) is 6.92 Å². The summed E-state index contributed by atoms with van der Waals surface area (Å²) in [5.41, 5.74) is 13.7. The number of likely N-dealkylation sites (tertiary alicyclic amines) is 1. The van der Waals surface area contributed by atoms with Crippen LogP contribution in [0.15, 0.2) is 34.9 Å². The molecule has 1 saturated heterocycles. The molecule has 154 valence electrons. The van der Waals surface area contributed by atoms with E-state index in [2.05, 4.69) is 17.3 Å². The highest BCUT2D eigenvalue weighted by Crippen LogP contribution is 2.48. The molecule has 0 bridgehead atoms. The summed E-state index contributed by atoms with van der Waals surface area (Å²) in [6, 6.07) is 9.67. The van der Waals surface area contributed by atoms with Crippen molar-refractivity contribution < 1.29 is 14.1 Å². The SMILES string of the molecule is C[C@H](N)C(=O)N1CCC([C@H](c2ccccc2)c2c(C(N)=O)noc2C2CC2)CC1. The summed E-state index contributed by atoms with van der Waals surface area (Å²) >= 11 is 0. The van der Waals surface area contributed by atoms with E-state index in [-0.39, 0.29) is 23.4 Å². The fraction of sp³-hybridized carbons (Fsp3) is 0.500. The van der Waals surface area contributed by atoms with Gasteiger partial charge in [-0.15, -0.1) is 0 Å². The number of carbonyl (C=O) groups is 2. The lowest BCUT2D eigenvalue weighted by atomic mass is 9.74. The number of hydrogen-bond acceptors (Lipinski definition) is 5. The van der Waals surface area contributed by atoms with Crippen molar-refractivity contribution in [3.05, 3.63) is 52.9 Å². The zero-order valence-electron chi connectivity index (χ0n) is 16.7. The zero-order valence-corrected chi connectivity index (χ0v) is 16.7. The summed E-state index contributed by atoms with van der Waals surface area (Å²) in [6.45, 7) is 3.04. The molecule has 2 fully saturated rings. The molecule has 4 rings (SSSR count). The Hall–Kier alpha value is -2.67. The summed E-state index contributed by atoms with van der Waals surface area (Å²) in [5, 5.41) is 4.05. The van der Waals surface area contributed by atoms with E-state index < -0.39 is 11.9 Å². The van der Waals surface area contributed by atoms with Gasteiger partial charge in [-0.25, -0.2) is 0 Å². The van der Waals surface area contributed by atoms with E-state index in [9.17, 15) is 9.59 Å². The molecule has 2 atom stereocenters. The highest BCUT2D eigenvalue weighted by molar-refractivity contribution is 5.92. The second-order valence-electron chi connectivity index (χ2n) is 8.29. The van der Waals surface area contributed by atoms with Crippen LogP contribution < -0.4 is 11.5 Å². The smallest absolute Gasteiger partial charge is 0.271 e. The maximum atomic E-state index is 12.3. The second-order valence-corrected chi connectivity index (χ2v) is 8.29. The summed E-state index contributed by atoms with van der Waals surface area (Å²) in [7, 11) is 0. The third kappa shape index (κ3) is 3.92. The lowest BCUT2D eigenvalue weighted by molar-refractivity contribution is -0.133. The van der Waals surface area contributed by atoms with Crippen molar-refractivity contribution in [2.45, 2.75) is 50.5 Å². The molecule has 2 aliphatic rings. The van der Waals surface area contributed by atoms with Gasteiger partial charge in [0.05, 0.1) is 6.04 Å². The van der Waals surface area contributed by atoms with E-state index in [1.807, 2.05) is 23.1 Å². The molecule has 29 heavy (non-hydrogen) atoms. The van der Waals surface area contributed by atoms with Gasteiger partial charge in [0.25, 0.3) is 5.91 Å². The Balaban J connectivity index is 1.69. The largest absolute Gasteiger partial charge is 0.364 e. The van der Waals surface area contributed by atoms with E-state index in [0.29, 0.717) is 19.0 Å². The highest BCUT2D eigenvalue weighted by atomic mass is 16.5. The molecule has 2 amide bonds. The molecule has 1 aliphatic heterocycles. The standard InChI is InChI=1S/C22H28N4O3/c1-13(23)22(28)26-11-9-15(10-12-26)17(14-5-3-2-4-6-14)18-19(21(24)27)25-29-20(18)16-7-8-16/h2-6,13,15-17H,7-12,23H2,1H3,(H2,24,27)/t13-,17-/m0/s1. The first-order valence-electron chi connectivity index (χ1n) is 10.4. The summed E-state index contributed by atoms with van der Waals surface area (Å²) < 4.78 is 5.63. The minimum absolute atomic E-state index is 0.0128. The number of piperidine rings is 1. The van der Waals surface area contributed by atoms with Gasteiger partial charge >= 0.3 is 0 Å². The quantitative estimate of drug-likeness (QED) is 0.778. The van der Waals surface area contributed by atoms with E-state index >= 15 is 0 Å². The summed E-state index contributed by atoms with van der Waals surface area (Å²) in [5.74, 6) is 0.776. The number of benzene rings is 1. The van der Waals surface area contributed by atoms with Crippen molar-refractivity contribution in [2.75, 3.05) is 13.1 Å². The molecular weight excluding hydrogens is 368 g/mol. The number of nitrogens with zero attached hydrogens (tertiary/aromatic N) is 2. The van der Waals surface area contributed by atoms with Crippen molar-refractivity contribution in [1.82, 2.24) is 10.1 Å². The normalized spacial score (nSPS) is 19.7. The molecule has 1 aromatic carbocycles. The maximum absolute atomic E-state index is 12.3. The fourth-order valence-electron chi connectivity index (χ4n) is 4.50. The molecule has 0 radical (unpaired) electrons. The molecule has 1 aromatic heterocycles. The van der Waals surface area contributed by atoms with E-state index in [4.69, 9.17) is 16.0 Å². The molecule has 4 N–H and O–H groups in total. The number of nitrogens with two attached hydrogens (primary N) is 2. The van der Waals surface area contributed by atoms with Gasteiger partial charge in [0, 0.05) is 30.5 Å². The Kier molecular flexibility index (Phi) is 5.41. The van der Waals surface area contributed by atoms with Crippen molar-refractivity contribution in [3.63, 3.8) is 0 Å². The monoisotopic (exact) mass is 396 g/mol. The lowest BCUT2D eigenvalue weighted by Gasteiger charge is -2.37. The highest BCUT2D eigenvalue weighted by Gasteiger charge is 2.40. The lowest BCUT2D eigenvalue weighted by Crippen LogP contribution is -2.46. The number of hydrogen-bond donors (Lipinski definition) is 2. The van der Waals surface area contributed by atoms with Crippen LogP contribution in [0, 0.1) is 5.92 Å². The van der Waals surface area contributed by atoms with Crippen molar-refractivity contribution >= 4 is 11.8 Å². The first-order chi connectivity index (χ1) is 14.0. The minimum atomic E-state index is -0.554. The summed E-state index contributed by atoms with van der Waals surface area (Å²) in [4.78, 5) is 26.3. The molecule has 7 heteroatoms. The van der Waals surface area contributed by atoms with Gasteiger partial charge in [0.15, 0.2) is 5.69 Å². The molecule has 2 heterocycles. The van der Waals surface area contributed by atoms with Gasteiger partial charge in [-0.2, -0.15) is 0 Å². The number of primary amides is 1. The molecule has 1 saturated carbocycles. The van der Waals surface area contributed by atoms with Crippen LogP contribution in [-0.4, -0.2) is 41.0 Å². The van der Waals surface area contributed by atoms with E-state index in [0.717, 1.165) is 42.6 Å². The Morgan fingerprint density at radius 2 is 1.79 bits per heavy atom. The van der Waals surface area contributed by atoms with Crippen LogP contribution in [0.25, 0.3) is 0 Å². The summed E-state index contributed by atoms with van der Waals surface area (Å²) in [6.07, 6.45) is 3.74. The number of rotatable bonds is 6. The van der Waals surface area contributed by atoms with Gasteiger partial charge in [-0.1, -0.05) is 35.5 Å². The molecule has 0 unspecified atom stereocenters. The van der Waals surface area contributed by atoms with Gasteiger partial charge < -0.3 is 20.9 Å². The Morgan fingerprint density at radius 3 is 2.34 bits per heavy atom. The molecule has 7 nitrogen and oxygen atoms in total. The maximum Gasteiger partial charge on any atom is 0.271 e. The molecule has 1 aliphatic carbocycles. The predicted molar refractivity (Wildman–Crippen MR) is 108 cm³/mol. The van der Waals surface area contributed by atoms with Crippen molar-refractivity contribution in [2.24, 2.45) is 17.4 Å². The zero-order chi connectivity index (χ0) is 20.5. The van der Waals surface area contributed by atoms with Gasteiger partial charge in [-0.05, 0) is 44.1 Å². The third-order valence-corrected chi connectivity index (χ3v) is 6.12. The Labute approximate surface area is 170 Å². The van der Waals surface area contributed by atoms with Crippen molar-refractivity contribution in [1.29, 1.82) is 0 Å². The van der Waals surface area contributed by atoms with Gasteiger partial charge in [0.1, 0.15) is 5.76 Å². The van der Waals surface area contributed by atoms with Crippen LogP contribution in [-0.2, 0) is 4.79 Å². The topological polar surface area (TPSA) is 115 Å². The molecule has 0 spiro atoms. The van der Waals surface area contributed by atoms with Gasteiger partial charge in [0.2, 0.25) is 5.91 Å². The fourth-order valence-corrected chi connectivity index (χ4v) is 4.50. The molecule has 2 aromatic rings. The number of carbonyl (C=O) groups excluding carboxylic acids is 2.